The van der Waals surface area contributed by atoms with Gasteiger partial charge >= 0.3 is 0 Å². The predicted octanol–water partition coefficient (Wildman–Crippen LogP) is 2.68. The summed E-state index contributed by atoms with van der Waals surface area (Å²) in [6, 6.07) is 3.77. The van der Waals surface area contributed by atoms with Gasteiger partial charge in [0.1, 0.15) is 0 Å². The predicted molar refractivity (Wildman–Crippen MR) is 71.2 cm³/mol. The second kappa shape index (κ2) is 5.38. The number of carbonyl (C=O) groups excluding carboxylic acids is 1. The van der Waals surface area contributed by atoms with Gasteiger partial charge in [-0.3, -0.25) is 4.79 Å². The molecule has 5 heteroatoms. The Morgan fingerprint density at radius 2 is 2.12 bits per heavy atom. The van der Waals surface area contributed by atoms with Crippen LogP contribution in [0.15, 0.2) is 12.1 Å². The van der Waals surface area contributed by atoms with Crippen molar-refractivity contribution in [3.05, 3.63) is 21.3 Å². The van der Waals surface area contributed by atoms with Crippen molar-refractivity contribution < 1.29 is 4.79 Å². The molecule has 2 rings (SSSR count). The summed E-state index contributed by atoms with van der Waals surface area (Å²) in [6.45, 7) is 0.523. The Hall–Kier alpha value is -0.580. The highest BCUT2D eigenvalue weighted by Gasteiger charge is 2.34. The quantitative estimate of drug-likeness (QED) is 0.889. The molecule has 1 aliphatic rings. The fourth-order valence-corrected chi connectivity index (χ4v) is 3.23. The largest absolute Gasteiger partial charge is 0.350 e. The van der Waals surface area contributed by atoms with Gasteiger partial charge < -0.3 is 11.1 Å². The lowest BCUT2D eigenvalue weighted by molar-refractivity contribution is -0.127. The van der Waals surface area contributed by atoms with Gasteiger partial charge in [-0.25, -0.2) is 0 Å². The van der Waals surface area contributed by atoms with Gasteiger partial charge in [-0.15, -0.1) is 11.3 Å². The van der Waals surface area contributed by atoms with Crippen LogP contribution in [0.3, 0.4) is 0 Å². The molecule has 0 aliphatic heterocycles. The van der Waals surface area contributed by atoms with Gasteiger partial charge in [0.2, 0.25) is 5.91 Å². The highest BCUT2D eigenvalue weighted by Crippen LogP contribution is 2.26. The van der Waals surface area contributed by atoms with E-state index in [0.29, 0.717) is 6.54 Å². The second-order valence-electron chi connectivity index (χ2n) is 4.61. The standard InChI is InChI=1S/C12H17ClN2OS/c13-10-5-4-9(17-10)8-15-11(16)12(14)6-2-1-3-7-12/h4-5H,1-3,6-8,14H2,(H,15,16). The first-order valence-corrected chi connectivity index (χ1v) is 7.11. The van der Waals surface area contributed by atoms with Crippen molar-refractivity contribution >= 4 is 28.8 Å². The number of hydrogen-bond acceptors (Lipinski definition) is 3. The van der Waals surface area contributed by atoms with E-state index >= 15 is 0 Å². The zero-order valence-corrected chi connectivity index (χ0v) is 11.2. The molecule has 1 saturated carbocycles. The summed E-state index contributed by atoms with van der Waals surface area (Å²) in [5.74, 6) is -0.0262. The molecule has 1 aromatic rings. The minimum Gasteiger partial charge on any atom is -0.350 e. The Bertz CT molecular complexity index is 399. The molecule has 17 heavy (non-hydrogen) atoms. The first kappa shape index (κ1) is 12.9. The van der Waals surface area contributed by atoms with E-state index in [9.17, 15) is 4.79 Å². The van der Waals surface area contributed by atoms with Crippen LogP contribution in [0.5, 0.6) is 0 Å². The summed E-state index contributed by atoms with van der Waals surface area (Å²) >= 11 is 7.32. The smallest absolute Gasteiger partial charge is 0.240 e. The van der Waals surface area contributed by atoms with Gasteiger partial charge in [0.15, 0.2) is 0 Å². The third-order valence-electron chi connectivity index (χ3n) is 3.25. The van der Waals surface area contributed by atoms with Crippen molar-refractivity contribution in [2.75, 3.05) is 0 Å². The third kappa shape index (κ3) is 3.21. The summed E-state index contributed by atoms with van der Waals surface area (Å²) < 4.78 is 0.745. The molecule has 0 atom stereocenters. The molecule has 0 radical (unpaired) electrons. The van der Waals surface area contributed by atoms with Crippen molar-refractivity contribution in [2.45, 2.75) is 44.2 Å². The molecule has 94 valence electrons. The number of thiophene rings is 1. The SMILES string of the molecule is NC1(C(=O)NCc2ccc(Cl)s2)CCCCC1. The molecule has 1 aliphatic carbocycles. The molecule has 1 heterocycles. The Morgan fingerprint density at radius 3 is 2.71 bits per heavy atom. The van der Waals surface area contributed by atoms with E-state index < -0.39 is 5.54 Å². The number of hydrogen-bond donors (Lipinski definition) is 2. The summed E-state index contributed by atoms with van der Waals surface area (Å²) in [4.78, 5) is 13.1. The van der Waals surface area contributed by atoms with Crippen LogP contribution < -0.4 is 11.1 Å². The fraction of sp³-hybridized carbons (Fsp3) is 0.583. The van der Waals surface area contributed by atoms with Crippen LogP contribution in [-0.2, 0) is 11.3 Å². The van der Waals surface area contributed by atoms with Crippen LogP contribution in [0, 0.1) is 0 Å². The molecule has 0 spiro atoms. The molecule has 0 unspecified atom stereocenters. The first-order chi connectivity index (χ1) is 8.10. The zero-order chi connectivity index (χ0) is 12.3. The summed E-state index contributed by atoms with van der Waals surface area (Å²) in [5, 5.41) is 2.91. The Morgan fingerprint density at radius 1 is 1.41 bits per heavy atom. The maximum atomic E-state index is 12.0. The molecule has 1 amide bonds. The second-order valence-corrected chi connectivity index (χ2v) is 6.40. The molecular formula is C12H17ClN2OS. The lowest BCUT2D eigenvalue weighted by Crippen LogP contribution is -2.54. The van der Waals surface area contributed by atoms with Crippen molar-refractivity contribution in [1.82, 2.24) is 5.32 Å². The number of nitrogens with one attached hydrogen (secondary N) is 1. The lowest BCUT2D eigenvalue weighted by Gasteiger charge is -2.31. The molecule has 0 bridgehead atoms. The lowest BCUT2D eigenvalue weighted by atomic mass is 9.82. The minimum atomic E-state index is -0.653. The van der Waals surface area contributed by atoms with Crippen LogP contribution >= 0.6 is 22.9 Å². The highest BCUT2D eigenvalue weighted by atomic mass is 35.5. The average Bonchev–Trinajstić information content (AvgIpc) is 2.73. The molecule has 3 N–H and O–H groups in total. The van der Waals surface area contributed by atoms with E-state index in [0.717, 1.165) is 34.9 Å². The topological polar surface area (TPSA) is 55.1 Å². The number of carbonyl (C=O) groups is 1. The fourth-order valence-electron chi connectivity index (χ4n) is 2.20. The molecule has 1 aromatic heterocycles. The maximum Gasteiger partial charge on any atom is 0.240 e. The third-order valence-corrected chi connectivity index (χ3v) is 4.48. The average molecular weight is 273 g/mol. The van der Waals surface area contributed by atoms with Crippen LogP contribution in [0.1, 0.15) is 37.0 Å². The Kier molecular flexibility index (Phi) is 4.07. The van der Waals surface area contributed by atoms with Crippen LogP contribution in [0.4, 0.5) is 0 Å². The van der Waals surface area contributed by atoms with Crippen LogP contribution in [0.25, 0.3) is 0 Å². The summed E-state index contributed by atoms with van der Waals surface area (Å²) in [7, 11) is 0. The van der Waals surface area contributed by atoms with Crippen molar-refractivity contribution in [2.24, 2.45) is 5.73 Å². The van der Waals surface area contributed by atoms with Gasteiger partial charge in [-0.2, -0.15) is 0 Å². The Labute approximate surface area is 110 Å². The van der Waals surface area contributed by atoms with E-state index in [1.165, 1.54) is 17.8 Å². The normalized spacial score (nSPS) is 18.9. The molecule has 0 aromatic carbocycles. The van der Waals surface area contributed by atoms with E-state index in [4.69, 9.17) is 17.3 Å². The summed E-state index contributed by atoms with van der Waals surface area (Å²) in [5.41, 5.74) is 5.48. The number of amides is 1. The van der Waals surface area contributed by atoms with E-state index in [-0.39, 0.29) is 5.91 Å². The Balaban J connectivity index is 1.88. The summed E-state index contributed by atoms with van der Waals surface area (Å²) in [6.07, 6.45) is 4.88. The first-order valence-electron chi connectivity index (χ1n) is 5.91. The molecule has 0 saturated heterocycles. The van der Waals surface area contributed by atoms with Gasteiger partial charge in [0.05, 0.1) is 16.4 Å². The van der Waals surface area contributed by atoms with Crippen molar-refractivity contribution in [3.63, 3.8) is 0 Å². The number of halogens is 1. The van der Waals surface area contributed by atoms with Gasteiger partial charge in [0.25, 0.3) is 0 Å². The van der Waals surface area contributed by atoms with E-state index in [2.05, 4.69) is 5.32 Å². The van der Waals surface area contributed by atoms with E-state index in [1.54, 1.807) is 0 Å². The van der Waals surface area contributed by atoms with Gasteiger partial charge in [-0.1, -0.05) is 30.9 Å². The van der Waals surface area contributed by atoms with Crippen molar-refractivity contribution in [3.8, 4) is 0 Å². The van der Waals surface area contributed by atoms with Crippen LogP contribution in [0.2, 0.25) is 4.34 Å². The van der Waals surface area contributed by atoms with Crippen LogP contribution in [-0.4, -0.2) is 11.4 Å². The van der Waals surface area contributed by atoms with E-state index in [1.807, 2.05) is 12.1 Å². The van der Waals surface area contributed by atoms with Gasteiger partial charge in [-0.05, 0) is 25.0 Å². The molecular weight excluding hydrogens is 256 g/mol. The highest BCUT2D eigenvalue weighted by molar-refractivity contribution is 7.16. The number of nitrogens with two attached hydrogens (primary N) is 1. The zero-order valence-electron chi connectivity index (χ0n) is 9.67. The van der Waals surface area contributed by atoms with Crippen molar-refractivity contribution in [1.29, 1.82) is 0 Å². The maximum absolute atomic E-state index is 12.0. The molecule has 1 fully saturated rings. The monoisotopic (exact) mass is 272 g/mol. The minimum absolute atomic E-state index is 0.0262. The number of rotatable bonds is 3. The molecule has 3 nitrogen and oxygen atoms in total. The van der Waals surface area contributed by atoms with Gasteiger partial charge in [0, 0.05) is 4.88 Å².